The summed E-state index contributed by atoms with van der Waals surface area (Å²) in [5.41, 5.74) is -0.639. The highest BCUT2D eigenvalue weighted by Crippen LogP contribution is 2.20. The fourth-order valence-electron chi connectivity index (χ4n) is 1.41. The molecule has 2 unspecified atom stereocenters. The summed E-state index contributed by atoms with van der Waals surface area (Å²) in [6, 6.07) is 0. The third kappa shape index (κ3) is 6.88. The average Bonchev–Trinajstić information content (AvgIpc) is 2.12. The zero-order valence-corrected chi connectivity index (χ0v) is 10.8. The smallest absolute Gasteiger partial charge is 0.0679 e. The first-order valence-corrected chi connectivity index (χ1v) is 5.82. The van der Waals surface area contributed by atoms with Crippen molar-refractivity contribution in [2.24, 2.45) is 11.8 Å². The minimum atomic E-state index is -0.639. The van der Waals surface area contributed by atoms with Gasteiger partial charge in [0.25, 0.3) is 0 Å². The van der Waals surface area contributed by atoms with Crippen LogP contribution >= 0.6 is 0 Å². The summed E-state index contributed by atoms with van der Waals surface area (Å²) in [5.74, 6) is 0.828. The van der Waals surface area contributed by atoms with Crippen molar-refractivity contribution in [1.29, 1.82) is 0 Å². The molecule has 0 rings (SSSR count). The van der Waals surface area contributed by atoms with E-state index in [9.17, 15) is 5.11 Å². The maximum absolute atomic E-state index is 10.2. The van der Waals surface area contributed by atoms with Crippen LogP contribution < -0.4 is 5.32 Å². The average molecular weight is 217 g/mol. The molecule has 3 heteroatoms. The Bertz CT molecular complexity index is 158. The van der Waals surface area contributed by atoms with E-state index >= 15 is 0 Å². The molecule has 0 heterocycles. The molecule has 0 fully saturated rings. The van der Waals surface area contributed by atoms with Crippen LogP contribution in [0.15, 0.2) is 0 Å². The van der Waals surface area contributed by atoms with E-state index in [1.54, 1.807) is 7.11 Å². The third-order valence-electron chi connectivity index (χ3n) is 2.84. The number of aliphatic hydroxyl groups is 1. The molecule has 0 aliphatic carbocycles. The van der Waals surface area contributed by atoms with Crippen LogP contribution in [0, 0.1) is 11.8 Å². The maximum atomic E-state index is 10.2. The Morgan fingerprint density at radius 3 is 2.40 bits per heavy atom. The van der Waals surface area contributed by atoms with E-state index in [2.05, 4.69) is 19.2 Å². The molecule has 15 heavy (non-hydrogen) atoms. The van der Waals surface area contributed by atoms with Gasteiger partial charge in [0.05, 0.1) is 12.2 Å². The van der Waals surface area contributed by atoms with Gasteiger partial charge in [-0.3, -0.25) is 0 Å². The normalized spacial score (nSPS) is 17.8. The van der Waals surface area contributed by atoms with Crippen LogP contribution in [-0.4, -0.2) is 37.5 Å². The summed E-state index contributed by atoms with van der Waals surface area (Å²) in [6.45, 7) is 10.7. The molecule has 0 saturated carbocycles. The molecule has 0 aromatic carbocycles. The molecular formula is C12H27NO2. The van der Waals surface area contributed by atoms with E-state index < -0.39 is 5.60 Å². The van der Waals surface area contributed by atoms with Crippen molar-refractivity contribution in [2.45, 2.75) is 39.7 Å². The lowest BCUT2D eigenvalue weighted by Gasteiger charge is -2.30. The Morgan fingerprint density at radius 2 is 1.93 bits per heavy atom. The summed E-state index contributed by atoms with van der Waals surface area (Å²) in [5, 5.41) is 13.5. The van der Waals surface area contributed by atoms with E-state index in [4.69, 9.17) is 4.74 Å². The number of rotatable bonds is 8. The van der Waals surface area contributed by atoms with Gasteiger partial charge in [-0.25, -0.2) is 0 Å². The Morgan fingerprint density at radius 1 is 1.33 bits per heavy atom. The van der Waals surface area contributed by atoms with Crippen molar-refractivity contribution in [3.63, 3.8) is 0 Å². The molecule has 0 amide bonds. The predicted octanol–water partition coefficient (Wildman–Crippen LogP) is 1.66. The predicted molar refractivity (Wildman–Crippen MR) is 64.0 cm³/mol. The van der Waals surface area contributed by atoms with Gasteiger partial charge >= 0.3 is 0 Å². The zero-order valence-electron chi connectivity index (χ0n) is 10.8. The summed E-state index contributed by atoms with van der Waals surface area (Å²) >= 11 is 0. The van der Waals surface area contributed by atoms with Crippen LogP contribution in [0.5, 0.6) is 0 Å². The van der Waals surface area contributed by atoms with E-state index in [1.165, 1.54) is 0 Å². The van der Waals surface area contributed by atoms with Gasteiger partial charge in [-0.15, -0.1) is 0 Å². The van der Waals surface area contributed by atoms with Crippen LogP contribution in [0.2, 0.25) is 0 Å². The number of hydrogen-bond acceptors (Lipinski definition) is 3. The van der Waals surface area contributed by atoms with E-state index in [0.717, 1.165) is 19.5 Å². The van der Waals surface area contributed by atoms with Gasteiger partial charge in [0.15, 0.2) is 0 Å². The van der Waals surface area contributed by atoms with E-state index in [1.807, 2.05) is 13.8 Å². The van der Waals surface area contributed by atoms with Crippen molar-refractivity contribution >= 4 is 0 Å². The Balaban J connectivity index is 3.72. The molecular weight excluding hydrogens is 190 g/mol. The molecule has 92 valence electrons. The number of nitrogens with one attached hydrogen (secondary N) is 1. The van der Waals surface area contributed by atoms with Crippen molar-refractivity contribution < 1.29 is 9.84 Å². The van der Waals surface area contributed by atoms with Gasteiger partial charge in [0.1, 0.15) is 0 Å². The molecule has 0 aromatic rings. The molecule has 2 atom stereocenters. The first-order chi connectivity index (χ1) is 6.90. The Hall–Kier alpha value is -0.120. The summed E-state index contributed by atoms with van der Waals surface area (Å²) in [4.78, 5) is 0. The van der Waals surface area contributed by atoms with Crippen molar-refractivity contribution in [3.05, 3.63) is 0 Å². The highest BCUT2D eigenvalue weighted by molar-refractivity contribution is 4.79. The summed E-state index contributed by atoms with van der Waals surface area (Å²) < 4.78 is 5.05. The monoisotopic (exact) mass is 217 g/mol. The first-order valence-electron chi connectivity index (χ1n) is 5.82. The molecule has 0 aliphatic rings. The number of hydrogen-bond donors (Lipinski definition) is 2. The van der Waals surface area contributed by atoms with Crippen molar-refractivity contribution in [2.75, 3.05) is 26.8 Å². The van der Waals surface area contributed by atoms with E-state index in [0.29, 0.717) is 12.5 Å². The molecule has 0 aromatic heterocycles. The molecule has 0 spiro atoms. The molecule has 3 nitrogen and oxygen atoms in total. The lowest BCUT2D eigenvalue weighted by Crippen LogP contribution is -2.38. The fraction of sp³-hybridized carbons (Fsp3) is 1.00. The summed E-state index contributed by atoms with van der Waals surface area (Å²) in [7, 11) is 1.67. The highest BCUT2D eigenvalue weighted by Gasteiger charge is 2.27. The molecule has 2 N–H and O–H groups in total. The van der Waals surface area contributed by atoms with Crippen LogP contribution in [0.3, 0.4) is 0 Å². The Labute approximate surface area is 94.2 Å². The van der Waals surface area contributed by atoms with Gasteiger partial charge in [-0.1, -0.05) is 20.8 Å². The van der Waals surface area contributed by atoms with Gasteiger partial charge in [0, 0.05) is 13.0 Å². The lowest BCUT2D eigenvalue weighted by atomic mass is 9.88. The second-order valence-corrected chi connectivity index (χ2v) is 5.06. The minimum absolute atomic E-state index is 0.170. The second kappa shape index (κ2) is 7.20. The van der Waals surface area contributed by atoms with Crippen LogP contribution in [0.4, 0.5) is 0 Å². The quantitative estimate of drug-likeness (QED) is 0.608. The molecule has 0 aliphatic heterocycles. The minimum Gasteiger partial charge on any atom is -0.390 e. The summed E-state index contributed by atoms with van der Waals surface area (Å²) in [6.07, 6.45) is 0.768. The molecule has 0 bridgehead atoms. The van der Waals surface area contributed by atoms with Crippen LogP contribution in [0.25, 0.3) is 0 Å². The fourth-order valence-corrected chi connectivity index (χ4v) is 1.41. The standard InChI is InChI=1S/C12H27NO2/c1-10(2)8-13-7-6-12(4,14)11(3)9-15-5/h10-11,13-14H,6-9H2,1-5H3. The van der Waals surface area contributed by atoms with E-state index in [-0.39, 0.29) is 5.92 Å². The maximum Gasteiger partial charge on any atom is 0.0679 e. The first kappa shape index (κ1) is 14.9. The highest BCUT2D eigenvalue weighted by atomic mass is 16.5. The van der Waals surface area contributed by atoms with Crippen molar-refractivity contribution in [3.8, 4) is 0 Å². The molecule has 0 radical (unpaired) electrons. The second-order valence-electron chi connectivity index (χ2n) is 5.06. The van der Waals surface area contributed by atoms with Gasteiger partial charge in [-0.05, 0) is 32.4 Å². The largest absolute Gasteiger partial charge is 0.390 e. The SMILES string of the molecule is COCC(C)C(C)(O)CCNCC(C)C. The third-order valence-corrected chi connectivity index (χ3v) is 2.84. The topological polar surface area (TPSA) is 41.5 Å². The van der Waals surface area contributed by atoms with Gasteiger partial charge in [-0.2, -0.15) is 0 Å². The Kier molecular flexibility index (Phi) is 7.14. The number of methoxy groups -OCH3 is 1. The van der Waals surface area contributed by atoms with Crippen molar-refractivity contribution in [1.82, 2.24) is 5.32 Å². The van der Waals surface area contributed by atoms with Gasteiger partial charge in [0.2, 0.25) is 0 Å². The lowest BCUT2D eigenvalue weighted by molar-refractivity contribution is -0.0308. The zero-order chi connectivity index (χ0) is 11.9. The van der Waals surface area contributed by atoms with Gasteiger partial charge < -0.3 is 15.2 Å². The van der Waals surface area contributed by atoms with Crippen LogP contribution in [0.1, 0.15) is 34.1 Å². The van der Waals surface area contributed by atoms with Crippen LogP contribution in [-0.2, 0) is 4.74 Å². The molecule has 0 saturated heterocycles. The number of ether oxygens (including phenoxy) is 1.